The van der Waals surface area contributed by atoms with Crippen LogP contribution in [-0.2, 0) is 0 Å². The second-order valence-corrected chi connectivity index (χ2v) is 12.0. The standard InChI is InChI=1S/C44H26N4/c45-27-29-17-21-33(22-18-29)47-41-16-7-6-13-36(41)37-23-20-31(26-43(37)47)34-11-4-5-12-35(34)38-14-8-15-39-40-25-30(28-46)19-24-42(40)48(44(38)39)32-9-2-1-3-10-32/h1-26H. The zero-order chi connectivity index (χ0) is 32.2. The SMILES string of the molecule is N#Cc1ccc(-n2c3ccccc3c3ccc(-c4ccccc4-c4cccc5c6cc(C#N)ccc6n(-c6ccccc6)c45)cc32)cc1. The summed E-state index contributed by atoms with van der Waals surface area (Å²) >= 11 is 0. The minimum Gasteiger partial charge on any atom is -0.309 e. The normalized spacial score (nSPS) is 11.3. The maximum atomic E-state index is 9.75. The van der Waals surface area contributed by atoms with Crippen molar-refractivity contribution in [2.45, 2.75) is 0 Å². The summed E-state index contributed by atoms with van der Waals surface area (Å²) < 4.78 is 4.61. The molecule has 2 heterocycles. The summed E-state index contributed by atoms with van der Waals surface area (Å²) in [5, 5.41) is 23.7. The van der Waals surface area contributed by atoms with Crippen LogP contribution in [0.15, 0.2) is 158 Å². The van der Waals surface area contributed by atoms with E-state index in [4.69, 9.17) is 0 Å². The predicted octanol–water partition coefficient (Wildman–Crippen LogP) is 11.0. The van der Waals surface area contributed by atoms with Crippen molar-refractivity contribution in [1.82, 2.24) is 9.13 Å². The van der Waals surface area contributed by atoms with Crippen molar-refractivity contribution in [3.05, 3.63) is 169 Å². The van der Waals surface area contributed by atoms with E-state index < -0.39 is 0 Å². The Balaban J connectivity index is 1.32. The predicted molar refractivity (Wildman–Crippen MR) is 195 cm³/mol. The van der Waals surface area contributed by atoms with Gasteiger partial charge in [-0.15, -0.1) is 0 Å². The molecule has 0 bridgehead atoms. The minimum absolute atomic E-state index is 0.639. The highest BCUT2D eigenvalue weighted by Gasteiger charge is 2.20. The van der Waals surface area contributed by atoms with Crippen molar-refractivity contribution in [2.75, 3.05) is 0 Å². The molecular weight excluding hydrogens is 585 g/mol. The van der Waals surface area contributed by atoms with Crippen molar-refractivity contribution in [2.24, 2.45) is 0 Å². The first kappa shape index (κ1) is 27.4. The molecule has 0 spiro atoms. The van der Waals surface area contributed by atoms with E-state index in [1.807, 2.05) is 42.5 Å². The third kappa shape index (κ3) is 4.14. The van der Waals surface area contributed by atoms with Gasteiger partial charge in [0.05, 0.1) is 45.3 Å². The first-order chi connectivity index (χ1) is 23.7. The molecule has 222 valence electrons. The average Bonchev–Trinajstić information content (AvgIpc) is 3.67. The zero-order valence-electron chi connectivity index (χ0n) is 25.8. The molecule has 9 rings (SSSR count). The summed E-state index contributed by atoms with van der Waals surface area (Å²) in [6.45, 7) is 0. The van der Waals surface area contributed by atoms with Crippen molar-refractivity contribution in [3.8, 4) is 45.8 Å². The molecule has 0 saturated carbocycles. The Bertz CT molecular complexity index is 2790. The van der Waals surface area contributed by atoms with Crippen LogP contribution >= 0.6 is 0 Å². The van der Waals surface area contributed by atoms with E-state index in [9.17, 15) is 10.5 Å². The summed E-state index contributed by atoms with van der Waals surface area (Å²) in [4.78, 5) is 0. The molecule has 0 radical (unpaired) electrons. The molecule has 0 aliphatic heterocycles. The number of aromatic nitrogens is 2. The summed E-state index contributed by atoms with van der Waals surface area (Å²) in [5.41, 5.74) is 12.3. The Morgan fingerprint density at radius 1 is 0.375 bits per heavy atom. The van der Waals surface area contributed by atoms with Crippen molar-refractivity contribution >= 4 is 43.6 Å². The maximum Gasteiger partial charge on any atom is 0.0991 e. The van der Waals surface area contributed by atoms with Gasteiger partial charge in [-0.3, -0.25) is 0 Å². The molecule has 0 aliphatic rings. The zero-order valence-corrected chi connectivity index (χ0v) is 25.8. The van der Waals surface area contributed by atoms with E-state index in [0.717, 1.165) is 66.5 Å². The Morgan fingerprint density at radius 3 is 1.81 bits per heavy atom. The van der Waals surface area contributed by atoms with Crippen LogP contribution in [0.1, 0.15) is 11.1 Å². The van der Waals surface area contributed by atoms with Gasteiger partial charge >= 0.3 is 0 Å². The molecule has 0 fully saturated rings. The lowest BCUT2D eigenvalue weighted by Crippen LogP contribution is -1.96. The molecule has 9 aromatic rings. The van der Waals surface area contributed by atoms with Gasteiger partial charge in [0.1, 0.15) is 0 Å². The number of fused-ring (bicyclic) bond motifs is 6. The van der Waals surface area contributed by atoms with Gasteiger partial charge in [0.2, 0.25) is 0 Å². The second-order valence-electron chi connectivity index (χ2n) is 12.0. The molecule has 0 aliphatic carbocycles. The summed E-state index contributed by atoms with van der Waals surface area (Å²) in [7, 11) is 0. The van der Waals surface area contributed by atoms with E-state index >= 15 is 0 Å². The van der Waals surface area contributed by atoms with E-state index in [1.165, 1.54) is 10.8 Å². The summed E-state index contributed by atoms with van der Waals surface area (Å²) in [5.74, 6) is 0. The van der Waals surface area contributed by atoms with E-state index in [1.54, 1.807) is 0 Å². The lowest BCUT2D eigenvalue weighted by Gasteiger charge is -2.15. The summed E-state index contributed by atoms with van der Waals surface area (Å²) in [6, 6.07) is 59.1. The quantitative estimate of drug-likeness (QED) is 0.199. The second kappa shape index (κ2) is 10.9. The Hall–Kier alpha value is -6.88. The van der Waals surface area contributed by atoms with E-state index in [0.29, 0.717) is 11.1 Å². The highest BCUT2D eigenvalue weighted by molar-refractivity contribution is 6.15. The number of benzene rings is 7. The first-order valence-corrected chi connectivity index (χ1v) is 15.9. The van der Waals surface area contributed by atoms with Gasteiger partial charge in [-0.2, -0.15) is 10.5 Å². The molecule has 0 amide bonds. The molecule has 0 atom stereocenters. The topological polar surface area (TPSA) is 57.4 Å². The molecule has 0 N–H and O–H groups in total. The van der Waals surface area contributed by atoms with Crippen LogP contribution in [0.4, 0.5) is 0 Å². The number of nitrogens with zero attached hydrogens (tertiary/aromatic N) is 4. The highest BCUT2D eigenvalue weighted by atomic mass is 15.0. The van der Waals surface area contributed by atoms with Crippen LogP contribution in [-0.4, -0.2) is 9.13 Å². The van der Waals surface area contributed by atoms with Crippen LogP contribution in [0.2, 0.25) is 0 Å². The van der Waals surface area contributed by atoms with E-state index in [-0.39, 0.29) is 0 Å². The van der Waals surface area contributed by atoms with Crippen molar-refractivity contribution in [1.29, 1.82) is 10.5 Å². The van der Waals surface area contributed by atoms with Crippen LogP contribution < -0.4 is 0 Å². The number of para-hydroxylation sites is 3. The van der Waals surface area contributed by atoms with E-state index in [2.05, 4.69) is 137 Å². The smallest absolute Gasteiger partial charge is 0.0991 e. The lowest BCUT2D eigenvalue weighted by atomic mass is 9.92. The highest BCUT2D eigenvalue weighted by Crippen LogP contribution is 2.43. The van der Waals surface area contributed by atoms with Gasteiger partial charge < -0.3 is 9.13 Å². The average molecular weight is 611 g/mol. The van der Waals surface area contributed by atoms with Crippen LogP contribution in [0, 0.1) is 22.7 Å². The Labute approximate surface area is 277 Å². The molecular formula is C44H26N4. The molecule has 4 nitrogen and oxygen atoms in total. The Morgan fingerprint density at radius 2 is 1.00 bits per heavy atom. The van der Waals surface area contributed by atoms with Gasteiger partial charge in [-0.1, -0.05) is 91.0 Å². The fraction of sp³-hybridized carbons (Fsp3) is 0. The monoisotopic (exact) mass is 610 g/mol. The summed E-state index contributed by atoms with van der Waals surface area (Å²) in [6.07, 6.45) is 0. The van der Waals surface area contributed by atoms with Gasteiger partial charge in [0.15, 0.2) is 0 Å². The molecule has 4 heteroatoms. The molecule has 0 unspecified atom stereocenters. The van der Waals surface area contributed by atoms with Gasteiger partial charge in [0, 0.05) is 38.5 Å². The largest absolute Gasteiger partial charge is 0.309 e. The third-order valence-corrected chi connectivity index (χ3v) is 9.39. The molecule has 0 saturated heterocycles. The number of rotatable bonds is 4. The van der Waals surface area contributed by atoms with Crippen molar-refractivity contribution in [3.63, 3.8) is 0 Å². The van der Waals surface area contributed by atoms with Crippen LogP contribution in [0.3, 0.4) is 0 Å². The Kier molecular flexibility index (Phi) is 6.22. The van der Waals surface area contributed by atoms with Crippen LogP contribution in [0.25, 0.3) is 77.2 Å². The number of hydrogen-bond acceptors (Lipinski definition) is 2. The first-order valence-electron chi connectivity index (χ1n) is 15.9. The fourth-order valence-electron chi connectivity index (χ4n) is 7.27. The van der Waals surface area contributed by atoms with Gasteiger partial charge in [-0.05, 0) is 83.4 Å². The number of nitriles is 2. The molecule has 2 aromatic heterocycles. The number of hydrogen-bond donors (Lipinski definition) is 0. The van der Waals surface area contributed by atoms with Crippen molar-refractivity contribution < 1.29 is 0 Å². The lowest BCUT2D eigenvalue weighted by molar-refractivity contribution is 1.18. The minimum atomic E-state index is 0.639. The third-order valence-electron chi connectivity index (χ3n) is 9.39. The molecule has 48 heavy (non-hydrogen) atoms. The van der Waals surface area contributed by atoms with Gasteiger partial charge in [0.25, 0.3) is 0 Å². The molecule has 7 aromatic carbocycles. The van der Waals surface area contributed by atoms with Gasteiger partial charge in [-0.25, -0.2) is 0 Å². The fourth-order valence-corrected chi connectivity index (χ4v) is 7.27. The van der Waals surface area contributed by atoms with Crippen LogP contribution in [0.5, 0.6) is 0 Å². The maximum absolute atomic E-state index is 9.75.